The largest absolute Gasteiger partial charge is 0.308 e. The van der Waals surface area contributed by atoms with Crippen molar-refractivity contribution in [3.05, 3.63) is 58.1 Å². The van der Waals surface area contributed by atoms with Crippen molar-refractivity contribution < 1.29 is 0 Å². The third kappa shape index (κ3) is 3.88. The Morgan fingerprint density at radius 2 is 1.60 bits per heavy atom. The Labute approximate surface area is 189 Å². The molecule has 4 aliphatic rings. The van der Waals surface area contributed by atoms with Gasteiger partial charge in [0.05, 0.1) is 0 Å². The molecule has 4 bridgehead atoms. The predicted molar refractivity (Wildman–Crippen MR) is 122 cm³/mol. The van der Waals surface area contributed by atoms with Gasteiger partial charge in [0.2, 0.25) is 0 Å². The minimum atomic E-state index is 0.292. The first-order valence-electron chi connectivity index (χ1n) is 11.1. The van der Waals surface area contributed by atoms with Crippen molar-refractivity contribution in [2.24, 2.45) is 0 Å². The molecular weight excluding hydrogens is 415 g/mol. The lowest BCUT2D eigenvalue weighted by molar-refractivity contribution is 0.369. The summed E-state index contributed by atoms with van der Waals surface area (Å²) in [6.07, 6.45) is 11.6. The van der Waals surface area contributed by atoms with E-state index in [0.717, 1.165) is 6.04 Å². The lowest BCUT2D eigenvalue weighted by Gasteiger charge is -2.30. The summed E-state index contributed by atoms with van der Waals surface area (Å²) < 4.78 is 0. The first kappa shape index (κ1) is 20.7. The monoisotopic (exact) mass is 444 g/mol. The van der Waals surface area contributed by atoms with Crippen LogP contribution in [0.15, 0.2) is 36.7 Å². The van der Waals surface area contributed by atoms with Crippen LogP contribution in [0.1, 0.15) is 75.3 Å². The second-order valence-corrected chi connectivity index (χ2v) is 10.8. The molecule has 4 nitrogen and oxygen atoms in total. The summed E-state index contributed by atoms with van der Waals surface area (Å²) in [5, 5.41) is 8.58. The SMILES string of the molecule is CC12CCC(CC1c1ccc(Cl)nc1)N2.CC12CCC(N1)C(c1ccc(Cl)nc1)C2. The zero-order valence-electron chi connectivity index (χ0n) is 17.7. The predicted octanol–water partition coefficient (Wildman–Crippen LogP) is 5.47. The average molecular weight is 445 g/mol. The molecule has 6 rings (SSSR count). The molecular formula is C24H30Cl2N4. The molecule has 2 aromatic heterocycles. The quantitative estimate of drug-likeness (QED) is 0.603. The number of fused-ring (bicyclic) bond motifs is 4. The van der Waals surface area contributed by atoms with Crippen molar-refractivity contribution in [1.29, 1.82) is 0 Å². The topological polar surface area (TPSA) is 49.8 Å². The number of hydrogen-bond acceptors (Lipinski definition) is 4. The Kier molecular flexibility index (Phi) is 5.34. The van der Waals surface area contributed by atoms with E-state index in [-0.39, 0.29) is 0 Å². The van der Waals surface area contributed by atoms with E-state index in [4.69, 9.17) is 23.2 Å². The number of nitrogens with zero attached hydrogens (tertiary/aromatic N) is 2. The summed E-state index contributed by atoms with van der Waals surface area (Å²) in [6, 6.07) is 9.39. The molecule has 6 atom stereocenters. The van der Waals surface area contributed by atoms with Gasteiger partial charge >= 0.3 is 0 Å². The summed E-state index contributed by atoms with van der Waals surface area (Å²) in [6.45, 7) is 4.66. The van der Waals surface area contributed by atoms with Gasteiger partial charge in [0.1, 0.15) is 10.3 Å². The molecule has 160 valence electrons. The van der Waals surface area contributed by atoms with E-state index < -0.39 is 0 Å². The minimum absolute atomic E-state index is 0.292. The van der Waals surface area contributed by atoms with Crippen LogP contribution in [0.4, 0.5) is 0 Å². The molecule has 6 unspecified atom stereocenters. The van der Waals surface area contributed by atoms with Crippen molar-refractivity contribution in [2.45, 2.75) is 87.4 Å². The maximum absolute atomic E-state index is 5.81. The van der Waals surface area contributed by atoms with Crippen LogP contribution in [0, 0.1) is 0 Å². The summed E-state index contributed by atoms with van der Waals surface area (Å²) >= 11 is 11.6. The van der Waals surface area contributed by atoms with Crippen LogP contribution < -0.4 is 10.6 Å². The molecule has 0 radical (unpaired) electrons. The molecule has 4 saturated heterocycles. The van der Waals surface area contributed by atoms with Gasteiger partial charge in [0, 0.05) is 47.4 Å². The third-order valence-electron chi connectivity index (χ3n) is 7.86. The van der Waals surface area contributed by atoms with E-state index in [1.54, 1.807) is 0 Å². The summed E-state index contributed by atoms with van der Waals surface area (Å²) in [4.78, 5) is 8.34. The molecule has 2 aromatic rings. The molecule has 6 heterocycles. The highest BCUT2D eigenvalue weighted by atomic mass is 35.5. The Hall–Kier alpha value is -1.20. The fourth-order valence-electron chi connectivity index (χ4n) is 6.29. The van der Waals surface area contributed by atoms with Crippen molar-refractivity contribution in [3.8, 4) is 0 Å². The highest BCUT2D eigenvalue weighted by molar-refractivity contribution is 6.29. The van der Waals surface area contributed by atoms with E-state index in [2.05, 4.69) is 46.6 Å². The summed E-state index contributed by atoms with van der Waals surface area (Å²) in [7, 11) is 0. The number of nitrogens with one attached hydrogen (secondary N) is 2. The van der Waals surface area contributed by atoms with Crippen molar-refractivity contribution in [2.75, 3.05) is 0 Å². The standard InChI is InChI=1S/2C12H15ClN2/c1-12-5-4-10(15-12)9(6-12)8-2-3-11(13)14-7-8;1-12-5-4-9(15-12)6-10(12)8-2-3-11(13)14-7-8/h2*2-3,7,9-10,15H,4-6H2,1H3. The first-order valence-corrected chi connectivity index (χ1v) is 11.9. The van der Waals surface area contributed by atoms with Crippen LogP contribution in [-0.2, 0) is 0 Å². The molecule has 30 heavy (non-hydrogen) atoms. The Bertz CT molecular complexity index is 902. The van der Waals surface area contributed by atoms with E-state index in [1.165, 1.54) is 49.7 Å². The highest BCUT2D eigenvalue weighted by Gasteiger charge is 2.49. The number of rotatable bonds is 2. The molecule has 0 aromatic carbocycles. The molecule has 0 amide bonds. The summed E-state index contributed by atoms with van der Waals surface area (Å²) in [5.41, 5.74) is 3.33. The van der Waals surface area contributed by atoms with Gasteiger partial charge in [-0.3, -0.25) is 0 Å². The van der Waals surface area contributed by atoms with Gasteiger partial charge in [-0.25, -0.2) is 9.97 Å². The molecule has 6 heteroatoms. The van der Waals surface area contributed by atoms with E-state index in [1.807, 2.05) is 24.5 Å². The van der Waals surface area contributed by atoms with E-state index in [9.17, 15) is 0 Å². The third-order valence-corrected chi connectivity index (χ3v) is 8.31. The Morgan fingerprint density at radius 3 is 2.07 bits per heavy atom. The van der Waals surface area contributed by atoms with Crippen LogP contribution in [0.5, 0.6) is 0 Å². The number of pyridine rings is 2. The van der Waals surface area contributed by atoms with Crippen molar-refractivity contribution >= 4 is 23.2 Å². The second kappa shape index (κ2) is 7.74. The number of hydrogen-bond donors (Lipinski definition) is 2. The smallest absolute Gasteiger partial charge is 0.129 e. The summed E-state index contributed by atoms with van der Waals surface area (Å²) in [5.74, 6) is 1.24. The lowest BCUT2D eigenvalue weighted by Crippen LogP contribution is -2.37. The van der Waals surface area contributed by atoms with Crippen molar-refractivity contribution in [1.82, 2.24) is 20.6 Å². The zero-order chi connectivity index (χ0) is 20.9. The van der Waals surface area contributed by atoms with Gasteiger partial charge in [-0.2, -0.15) is 0 Å². The highest BCUT2D eigenvalue weighted by Crippen LogP contribution is 2.47. The Balaban J connectivity index is 0.000000128. The van der Waals surface area contributed by atoms with Crippen LogP contribution in [0.25, 0.3) is 0 Å². The van der Waals surface area contributed by atoms with Gasteiger partial charge < -0.3 is 10.6 Å². The van der Waals surface area contributed by atoms with Gasteiger partial charge in [-0.1, -0.05) is 35.3 Å². The Morgan fingerprint density at radius 1 is 0.900 bits per heavy atom. The van der Waals surface area contributed by atoms with E-state index in [0.29, 0.717) is 39.3 Å². The fraction of sp³-hybridized carbons (Fsp3) is 0.583. The molecule has 0 saturated carbocycles. The van der Waals surface area contributed by atoms with Gasteiger partial charge in [0.15, 0.2) is 0 Å². The van der Waals surface area contributed by atoms with Gasteiger partial charge in [-0.15, -0.1) is 0 Å². The van der Waals surface area contributed by atoms with E-state index >= 15 is 0 Å². The molecule has 0 aliphatic carbocycles. The van der Waals surface area contributed by atoms with Crippen LogP contribution >= 0.6 is 23.2 Å². The zero-order valence-corrected chi connectivity index (χ0v) is 19.2. The van der Waals surface area contributed by atoms with Crippen LogP contribution in [-0.4, -0.2) is 33.1 Å². The maximum Gasteiger partial charge on any atom is 0.129 e. The number of halogens is 2. The minimum Gasteiger partial charge on any atom is -0.308 e. The fourth-order valence-corrected chi connectivity index (χ4v) is 6.51. The first-order chi connectivity index (χ1) is 14.3. The average Bonchev–Trinajstić information content (AvgIpc) is 3.47. The molecule has 4 aliphatic heterocycles. The normalized spacial score (nSPS) is 38.5. The molecule has 0 spiro atoms. The second-order valence-electron chi connectivity index (χ2n) is 10.1. The van der Waals surface area contributed by atoms with Gasteiger partial charge in [0.25, 0.3) is 0 Å². The van der Waals surface area contributed by atoms with Crippen molar-refractivity contribution in [3.63, 3.8) is 0 Å². The molecule has 4 fully saturated rings. The van der Waals surface area contributed by atoms with Crippen LogP contribution in [0.2, 0.25) is 10.3 Å². The molecule has 2 N–H and O–H groups in total. The maximum atomic E-state index is 5.81. The van der Waals surface area contributed by atoms with Gasteiger partial charge in [-0.05, 0) is 75.6 Å². The number of aromatic nitrogens is 2. The lowest BCUT2D eigenvalue weighted by atomic mass is 9.76. The van der Waals surface area contributed by atoms with Crippen LogP contribution in [0.3, 0.4) is 0 Å².